The van der Waals surface area contributed by atoms with Crippen LogP contribution in [0, 0.1) is 0 Å². The molecule has 0 aliphatic carbocycles. The molecule has 1 amide bonds. The van der Waals surface area contributed by atoms with Gasteiger partial charge in [0, 0.05) is 36.8 Å². The van der Waals surface area contributed by atoms with Crippen molar-refractivity contribution in [3.05, 3.63) is 99.3 Å². The van der Waals surface area contributed by atoms with Crippen molar-refractivity contribution in [2.45, 2.75) is 30.3 Å². The lowest BCUT2D eigenvalue weighted by molar-refractivity contribution is -0.143. The fourth-order valence-corrected chi connectivity index (χ4v) is 6.15. The van der Waals surface area contributed by atoms with Crippen LogP contribution in [-0.4, -0.2) is 32.4 Å². The minimum atomic E-state index is -5.04. The summed E-state index contributed by atoms with van der Waals surface area (Å²) in [4.78, 5) is 29.0. The Morgan fingerprint density at radius 1 is 0.925 bits per heavy atom. The SMILES string of the molecule is CN(Cc1cc(C(F)(F)F)cc(C(F)(F)F)c1)C(=O)c1c(-c2ccccc2)c2cccc3c2n(c1=O)CCS3=O. The Labute approximate surface area is 226 Å². The van der Waals surface area contributed by atoms with E-state index in [1.54, 1.807) is 48.5 Å². The summed E-state index contributed by atoms with van der Waals surface area (Å²) in [5, 5.41) is 0.478. The zero-order valence-electron chi connectivity index (χ0n) is 20.8. The zero-order valence-corrected chi connectivity index (χ0v) is 21.6. The molecule has 1 aromatic heterocycles. The first-order chi connectivity index (χ1) is 18.8. The molecule has 0 saturated carbocycles. The van der Waals surface area contributed by atoms with Crippen LogP contribution in [0.3, 0.4) is 0 Å². The summed E-state index contributed by atoms with van der Waals surface area (Å²) >= 11 is 0. The maximum Gasteiger partial charge on any atom is 0.416 e. The summed E-state index contributed by atoms with van der Waals surface area (Å²) in [5.41, 5.74) is -3.22. The summed E-state index contributed by atoms with van der Waals surface area (Å²) in [7, 11) is -0.168. The quantitative estimate of drug-likeness (QED) is 0.275. The van der Waals surface area contributed by atoms with Crippen LogP contribution < -0.4 is 5.56 Å². The highest BCUT2D eigenvalue weighted by atomic mass is 32.2. The molecular formula is C28H20F6N2O3S. The van der Waals surface area contributed by atoms with Crippen LogP contribution >= 0.6 is 0 Å². The second-order valence-electron chi connectivity index (χ2n) is 9.35. The molecule has 4 aromatic rings. The molecule has 0 fully saturated rings. The molecule has 208 valence electrons. The average molecular weight is 579 g/mol. The van der Waals surface area contributed by atoms with E-state index in [1.165, 1.54) is 11.6 Å². The molecule has 0 radical (unpaired) electrons. The van der Waals surface area contributed by atoms with Gasteiger partial charge in [0.15, 0.2) is 0 Å². The van der Waals surface area contributed by atoms with Crippen molar-refractivity contribution < 1.29 is 35.3 Å². The van der Waals surface area contributed by atoms with Crippen molar-refractivity contribution >= 4 is 27.6 Å². The highest BCUT2D eigenvalue weighted by Crippen LogP contribution is 2.38. The number of hydrogen-bond acceptors (Lipinski definition) is 3. The summed E-state index contributed by atoms with van der Waals surface area (Å²) in [5.74, 6) is -0.734. The Morgan fingerprint density at radius 2 is 1.55 bits per heavy atom. The molecule has 1 aliphatic heterocycles. The van der Waals surface area contributed by atoms with Gasteiger partial charge in [-0.05, 0) is 35.4 Å². The van der Waals surface area contributed by atoms with Gasteiger partial charge in [-0.2, -0.15) is 26.3 Å². The van der Waals surface area contributed by atoms with E-state index in [0.717, 1.165) is 4.90 Å². The lowest BCUT2D eigenvalue weighted by Gasteiger charge is -2.25. The van der Waals surface area contributed by atoms with E-state index in [-0.39, 0.29) is 29.5 Å². The molecule has 1 unspecified atom stereocenters. The monoisotopic (exact) mass is 578 g/mol. The molecule has 12 heteroatoms. The number of aryl methyl sites for hydroxylation is 1. The van der Waals surface area contributed by atoms with Crippen LogP contribution in [0.5, 0.6) is 0 Å². The Kier molecular flexibility index (Phi) is 6.85. The van der Waals surface area contributed by atoms with Gasteiger partial charge in [-0.25, -0.2) is 0 Å². The predicted octanol–water partition coefficient (Wildman–Crippen LogP) is 6.10. The number of rotatable bonds is 4. The highest BCUT2D eigenvalue weighted by molar-refractivity contribution is 7.85. The van der Waals surface area contributed by atoms with Crippen molar-refractivity contribution in [3.63, 3.8) is 0 Å². The predicted molar refractivity (Wildman–Crippen MR) is 137 cm³/mol. The maximum absolute atomic E-state index is 13.8. The van der Waals surface area contributed by atoms with Gasteiger partial charge in [0.25, 0.3) is 11.5 Å². The third-order valence-corrected chi connectivity index (χ3v) is 8.06. The first-order valence-electron chi connectivity index (χ1n) is 11.9. The van der Waals surface area contributed by atoms with E-state index in [0.29, 0.717) is 33.5 Å². The number of carbonyl (C=O) groups is 1. The van der Waals surface area contributed by atoms with Gasteiger partial charge in [-0.1, -0.05) is 42.5 Å². The standard InChI is InChI=1S/C28H20F6N2O3S/c1-35(15-16-12-18(27(29,30)31)14-19(13-16)28(32,33)34)25(37)23-22(17-6-3-2-4-7-17)20-8-5-9-21-24(20)36(26(23)38)10-11-40(21)39/h2-9,12-14H,10-11,15H2,1H3. The maximum atomic E-state index is 13.8. The van der Waals surface area contributed by atoms with E-state index in [9.17, 15) is 40.1 Å². The number of hydrogen-bond donors (Lipinski definition) is 0. The van der Waals surface area contributed by atoms with E-state index in [1.807, 2.05) is 0 Å². The molecule has 0 N–H and O–H groups in total. The molecule has 40 heavy (non-hydrogen) atoms. The van der Waals surface area contributed by atoms with Gasteiger partial charge in [-0.3, -0.25) is 13.8 Å². The lowest BCUT2D eigenvalue weighted by atomic mass is 9.94. The second kappa shape index (κ2) is 9.92. The molecule has 3 aromatic carbocycles. The van der Waals surface area contributed by atoms with Gasteiger partial charge < -0.3 is 9.47 Å². The number of nitrogens with zero attached hydrogens (tertiary/aromatic N) is 2. The van der Waals surface area contributed by atoms with E-state index < -0.39 is 57.9 Å². The molecule has 2 heterocycles. The number of para-hydroxylation sites is 1. The van der Waals surface area contributed by atoms with E-state index in [2.05, 4.69) is 0 Å². The Balaban J connectivity index is 1.68. The molecule has 5 nitrogen and oxygen atoms in total. The molecule has 1 aliphatic rings. The van der Waals surface area contributed by atoms with Crippen molar-refractivity contribution in [2.24, 2.45) is 0 Å². The van der Waals surface area contributed by atoms with Crippen LogP contribution in [0.15, 0.2) is 76.4 Å². The summed E-state index contributed by atoms with van der Waals surface area (Å²) in [6.07, 6.45) is -10.1. The third-order valence-electron chi connectivity index (χ3n) is 6.68. The number of halogens is 6. The van der Waals surface area contributed by atoms with Gasteiger partial charge in [0.05, 0.1) is 32.3 Å². The molecule has 0 saturated heterocycles. The number of amides is 1. The molecule has 1 atom stereocenters. The summed E-state index contributed by atoms with van der Waals surface area (Å²) in [6.45, 7) is -0.553. The Morgan fingerprint density at radius 3 is 2.15 bits per heavy atom. The van der Waals surface area contributed by atoms with Gasteiger partial charge in [0.2, 0.25) is 0 Å². The van der Waals surface area contributed by atoms with Crippen LogP contribution in [0.2, 0.25) is 0 Å². The van der Waals surface area contributed by atoms with Crippen molar-refractivity contribution in [2.75, 3.05) is 12.8 Å². The van der Waals surface area contributed by atoms with Crippen LogP contribution in [-0.2, 0) is 36.2 Å². The number of aromatic nitrogens is 1. The molecular weight excluding hydrogens is 558 g/mol. The van der Waals surface area contributed by atoms with Crippen LogP contribution in [0.4, 0.5) is 26.3 Å². The smallest absolute Gasteiger partial charge is 0.337 e. The second-order valence-corrected chi connectivity index (χ2v) is 10.9. The number of pyridine rings is 1. The molecule has 0 bridgehead atoms. The minimum Gasteiger partial charge on any atom is -0.337 e. The van der Waals surface area contributed by atoms with Gasteiger partial charge in [0.1, 0.15) is 5.56 Å². The zero-order chi connectivity index (χ0) is 29.0. The molecule has 5 rings (SSSR count). The van der Waals surface area contributed by atoms with Crippen molar-refractivity contribution in [3.8, 4) is 11.1 Å². The van der Waals surface area contributed by atoms with E-state index in [4.69, 9.17) is 0 Å². The number of carbonyl (C=O) groups excluding carboxylic acids is 1. The fourth-order valence-electron chi connectivity index (χ4n) is 4.91. The normalized spacial score (nSPS) is 15.3. The van der Waals surface area contributed by atoms with Gasteiger partial charge in [-0.15, -0.1) is 0 Å². The largest absolute Gasteiger partial charge is 0.416 e. The fraction of sp³-hybridized carbons (Fsp3) is 0.214. The van der Waals surface area contributed by atoms with Crippen molar-refractivity contribution in [1.82, 2.24) is 9.47 Å². The third kappa shape index (κ3) is 4.91. The Hall–Kier alpha value is -3.93. The van der Waals surface area contributed by atoms with Crippen molar-refractivity contribution in [1.29, 1.82) is 0 Å². The summed E-state index contributed by atoms with van der Waals surface area (Å²) < 4.78 is 94.3. The topological polar surface area (TPSA) is 59.4 Å². The average Bonchev–Trinajstić information content (AvgIpc) is 2.90. The first kappa shape index (κ1) is 27.6. The highest BCUT2D eigenvalue weighted by Gasteiger charge is 2.37. The van der Waals surface area contributed by atoms with E-state index >= 15 is 0 Å². The number of alkyl halides is 6. The first-order valence-corrected chi connectivity index (χ1v) is 13.3. The molecule has 0 spiro atoms. The lowest BCUT2D eigenvalue weighted by Crippen LogP contribution is -2.37. The minimum absolute atomic E-state index is 0.0147. The van der Waals surface area contributed by atoms with Crippen LogP contribution in [0.1, 0.15) is 27.0 Å². The number of benzene rings is 3. The summed E-state index contributed by atoms with van der Waals surface area (Å²) in [6, 6.07) is 14.6. The van der Waals surface area contributed by atoms with Crippen LogP contribution in [0.25, 0.3) is 22.0 Å². The van der Waals surface area contributed by atoms with Gasteiger partial charge >= 0.3 is 12.4 Å². The Bertz CT molecular complexity index is 1700.